The van der Waals surface area contributed by atoms with Crippen LogP contribution in [0.3, 0.4) is 0 Å². The Bertz CT molecular complexity index is 218. The van der Waals surface area contributed by atoms with Crippen LogP contribution in [-0.2, 0) is 0 Å². The van der Waals surface area contributed by atoms with E-state index in [1.807, 2.05) is 18.7 Å². The number of aromatic nitrogens is 2. The van der Waals surface area contributed by atoms with E-state index in [1.165, 1.54) is 0 Å². The van der Waals surface area contributed by atoms with Crippen LogP contribution in [0.1, 0.15) is 13.8 Å². The van der Waals surface area contributed by atoms with Gasteiger partial charge in [-0.25, -0.2) is 0 Å². The normalized spacial score (nSPS) is 10.0. The fraction of sp³-hybridized carbons (Fsp3) is 0.667. The number of nitrogens with two attached hydrogens (primary N) is 1. The lowest BCUT2D eigenvalue weighted by molar-refractivity contribution is 0.554. The van der Waals surface area contributed by atoms with Crippen molar-refractivity contribution >= 4 is 12.0 Å². The van der Waals surface area contributed by atoms with Crippen LogP contribution >= 0.6 is 0 Å². The summed E-state index contributed by atoms with van der Waals surface area (Å²) in [5, 5.41) is 7.29. The van der Waals surface area contributed by atoms with Gasteiger partial charge in [0.05, 0.1) is 0 Å². The SMILES string of the molecule is CCN(CC)c1nnc(N)o1. The Morgan fingerprint density at radius 3 is 2.36 bits per heavy atom. The lowest BCUT2D eigenvalue weighted by Gasteiger charge is -2.13. The van der Waals surface area contributed by atoms with E-state index in [1.54, 1.807) is 0 Å². The maximum Gasteiger partial charge on any atom is 0.319 e. The first-order chi connectivity index (χ1) is 5.27. The lowest BCUT2D eigenvalue weighted by Crippen LogP contribution is -2.21. The smallest absolute Gasteiger partial charge is 0.319 e. The lowest BCUT2D eigenvalue weighted by atomic mass is 10.6. The third-order valence-corrected chi connectivity index (χ3v) is 1.46. The zero-order chi connectivity index (χ0) is 8.27. The minimum absolute atomic E-state index is 0.118. The summed E-state index contributed by atoms with van der Waals surface area (Å²) in [7, 11) is 0. The number of hydrogen-bond acceptors (Lipinski definition) is 5. The molecule has 0 aliphatic carbocycles. The number of hydrogen-bond donors (Lipinski definition) is 1. The predicted octanol–water partition coefficient (Wildman–Crippen LogP) is 0.498. The van der Waals surface area contributed by atoms with Gasteiger partial charge in [-0.05, 0) is 13.8 Å². The summed E-state index contributed by atoms with van der Waals surface area (Å²) in [5.74, 6) is 0. The summed E-state index contributed by atoms with van der Waals surface area (Å²) in [4.78, 5) is 1.93. The molecule has 1 rings (SSSR count). The molecule has 0 aliphatic heterocycles. The van der Waals surface area contributed by atoms with Crippen LogP contribution in [0, 0.1) is 0 Å². The molecule has 0 unspecified atom stereocenters. The van der Waals surface area contributed by atoms with Gasteiger partial charge in [-0.1, -0.05) is 10.2 Å². The van der Waals surface area contributed by atoms with Crippen molar-refractivity contribution < 1.29 is 4.42 Å². The van der Waals surface area contributed by atoms with Gasteiger partial charge in [0.1, 0.15) is 0 Å². The highest BCUT2D eigenvalue weighted by atomic mass is 16.4. The third-order valence-electron chi connectivity index (χ3n) is 1.46. The molecule has 5 heteroatoms. The highest BCUT2D eigenvalue weighted by Crippen LogP contribution is 2.11. The maximum atomic E-state index is 5.26. The van der Waals surface area contributed by atoms with Gasteiger partial charge in [0.25, 0.3) is 0 Å². The van der Waals surface area contributed by atoms with E-state index < -0.39 is 0 Å². The van der Waals surface area contributed by atoms with E-state index in [9.17, 15) is 0 Å². The molecule has 0 aromatic carbocycles. The van der Waals surface area contributed by atoms with Crippen LogP contribution in [0.5, 0.6) is 0 Å². The molecule has 62 valence electrons. The standard InChI is InChI=1S/C6H12N4O/c1-3-10(4-2)6-9-8-5(7)11-6/h3-4H2,1-2H3,(H2,7,8). The molecular formula is C6H12N4O. The van der Waals surface area contributed by atoms with Crippen LogP contribution in [-0.4, -0.2) is 23.3 Å². The molecule has 2 N–H and O–H groups in total. The molecule has 11 heavy (non-hydrogen) atoms. The number of rotatable bonds is 3. The molecule has 1 aromatic rings. The summed E-state index contributed by atoms with van der Waals surface area (Å²) in [6.07, 6.45) is 0. The van der Waals surface area contributed by atoms with Gasteiger partial charge in [-0.3, -0.25) is 0 Å². The summed E-state index contributed by atoms with van der Waals surface area (Å²) in [6, 6.07) is 0.611. The monoisotopic (exact) mass is 156 g/mol. The van der Waals surface area contributed by atoms with Crippen molar-refractivity contribution in [3.63, 3.8) is 0 Å². The summed E-state index contributed by atoms with van der Waals surface area (Å²) in [6.45, 7) is 5.73. The highest BCUT2D eigenvalue weighted by Gasteiger charge is 2.08. The Morgan fingerprint density at radius 1 is 1.36 bits per heavy atom. The molecule has 0 radical (unpaired) electrons. The second kappa shape index (κ2) is 3.23. The van der Waals surface area contributed by atoms with E-state index >= 15 is 0 Å². The van der Waals surface area contributed by atoms with Gasteiger partial charge < -0.3 is 15.1 Å². The second-order valence-corrected chi connectivity index (χ2v) is 2.10. The summed E-state index contributed by atoms with van der Waals surface area (Å²) < 4.78 is 5.01. The second-order valence-electron chi connectivity index (χ2n) is 2.10. The Balaban J connectivity index is 2.73. The largest absolute Gasteiger partial charge is 0.390 e. The van der Waals surface area contributed by atoms with E-state index in [0.717, 1.165) is 13.1 Å². The van der Waals surface area contributed by atoms with Crippen molar-refractivity contribution in [2.24, 2.45) is 0 Å². The summed E-state index contributed by atoms with van der Waals surface area (Å²) >= 11 is 0. The Hall–Kier alpha value is -1.26. The van der Waals surface area contributed by atoms with Crippen molar-refractivity contribution in [1.82, 2.24) is 10.2 Å². The molecule has 1 aromatic heterocycles. The topological polar surface area (TPSA) is 68.2 Å². The molecule has 1 heterocycles. The molecule has 0 saturated heterocycles. The molecule has 0 aliphatic rings. The van der Waals surface area contributed by atoms with Crippen LogP contribution < -0.4 is 10.6 Å². The maximum absolute atomic E-state index is 5.26. The quantitative estimate of drug-likeness (QED) is 0.690. The number of nitrogens with zero attached hydrogens (tertiary/aromatic N) is 3. The Kier molecular flexibility index (Phi) is 2.30. The Labute approximate surface area is 65.2 Å². The van der Waals surface area contributed by atoms with Crippen LogP contribution in [0.2, 0.25) is 0 Å². The molecule has 0 fully saturated rings. The molecular weight excluding hydrogens is 144 g/mol. The van der Waals surface area contributed by atoms with Crippen molar-refractivity contribution in [1.29, 1.82) is 0 Å². The van der Waals surface area contributed by atoms with E-state index in [0.29, 0.717) is 6.01 Å². The molecule has 0 spiro atoms. The molecule has 0 amide bonds. The number of anilines is 2. The van der Waals surface area contributed by atoms with Crippen molar-refractivity contribution in [3.8, 4) is 0 Å². The van der Waals surface area contributed by atoms with Crippen LogP contribution in [0.15, 0.2) is 4.42 Å². The first kappa shape index (κ1) is 7.84. The van der Waals surface area contributed by atoms with Gasteiger partial charge in [0, 0.05) is 13.1 Å². The zero-order valence-electron chi connectivity index (χ0n) is 6.74. The minimum atomic E-state index is 0.118. The van der Waals surface area contributed by atoms with E-state index in [2.05, 4.69) is 10.2 Å². The van der Waals surface area contributed by atoms with Crippen molar-refractivity contribution in [3.05, 3.63) is 0 Å². The van der Waals surface area contributed by atoms with Crippen molar-refractivity contribution in [2.75, 3.05) is 23.7 Å². The fourth-order valence-corrected chi connectivity index (χ4v) is 0.848. The van der Waals surface area contributed by atoms with Gasteiger partial charge in [-0.15, -0.1) is 0 Å². The van der Waals surface area contributed by atoms with Gasteiger partial charge >= 0.3 is 12.0 Å². The first-order valence-electron chi connectivity index (χ1n) is 3.61. The third kappa shape index (κ3) is 1.60. The average molecular weight is 156 g/mol. The van der Waals surface area contributed by atoms with Gasteiger partial charge in [-0.2, -0.15) is 0 Å². The first-order valence-corrected chi connectivity index (χ1v) is 3.61. The molecule has 5 nitrogen and oxygen atoms in total. The van der Waals surface area contributed by atoms with Gasteiger partial charge in [0.15, 0.2) is 0 Å². The van der Waals surface area contributed by atoms with Crippen LogP contribution in [0.25, 0.3) is 0 Å². The molecule has 0 saturated carbocycles. The fourth-order valence-electron chi connectivity index (χ4n) is 0.848. The molecule has 0 bridgehead atoms. The molecule has 0 atom stereocenters. The average Bonchev–Trinajstić information content (AvgIpc) is 2.39. The Morgan fingerprint density at radius 2 is 2.00 bits per heavy atom. The zero-order valence-corrected chi connectivity index (χ0v) is 6.74. The highest BCUT2D eigenvalue weighted by molar-refractivity contribution is 5.26. The minimum Gasteiger partial charge on any atom is -0.390 e. The predicted molar refractivity (Wildman–Crippen MR) is 42.3 cm³/mol. The van der Waals surface area contributed by atoms with Crippen molar-refractivity contribution in [2.45, 2.75) is 13.8 Å². The van der Waals surface area contributed by atoms with E-state index in [-0.39, 0.29) is 6.01 Å². The van der Waals surface area contributed by atoms with Crippen LogP contribution in [0.4, 0.5) is 12.0 Å². The van der Waals surface area contributed by atoms with Gasteiger partial charge in [0.2, 0.25) is 0 Å². The van der Waals surface area contributed by atoms with E-state index in [4.69, 9.17) is 10.2 Å². The number of nitrogen functional groups attached to an aromatic ring is 1. The summed E-state index contributed by atoms with van der Waals surface area (Å²) in [5.41, 5.74) is 5.26.